The molecule has 1 aromatic carbocycles. The number of hydrogen-bond acceptors (Lipinski definition) is 5. The number of rotatable bonds is 5. The Morgan fingerprint density at radius 1 is 1.20 bits per heavy atom. The summed E-state index contributed by atoms with van der Waals surface area (Å²) in [6.45, 7) is 0.0688. The molecule has 8 nitrogen and oxygen atoms in total. The molecule has 8 heteroatoms. The molecule has 1 fully saturated rings. The summed E-state index contributed by atoms with van der Waals surface area (Å²) in [5.41, 5.74) is 6.35. The molecular weight excluding hydrogens is 320 g/mol. The second-order valence-corrected chi connectivity index (χ2v) is 6.38. The van der Waals surface area contributed by atoms with Crippen LogP contribution in [0.3, 0.4) is 0 Å². The lowest BCUT2D eigenvalue weighted by molar-refractivity contribution is -0.133. The van der Waals surface area contributed by atoms with Gasteiger partial charge in [0.05, 0.1) is 0 Å². The summed E-state index contributed by atoms with van der Waals surface area (Å²) in [4.78, 5) is 26.6. The lowest BCUT2D eigenvalue weighted by Crippen LogP contribution is -2.40. The van der Waals surface area contributed by atoms with Crippen molar-refractivity contribution >= 4 is 11.8 Å². The lowest BCUT2D eigenvalue weighted by atomic mass is 9.94. The van der Waals surface area contributed by atoms with Crippen molar-refractivity contribution < 1.29 is 9.59 Å². The summed E-state index contributed by atoms with van der Waals surface area (Å²) in [5.74, 6) is -0.0939. The zero-order valence-corrected chi connectivity index (χ0v) is 14.3. The molecule has 0 aliphatic heterocycles. The third-order valence-corrected chi connectivity index (χ3v) is 4.67. The molecule has 1 heterocycles. The molecule has 25 heavy (non-hydrogen) atoms. The summed E-state index contributed by atoms with van der Waals surface area (Å²) in [5, 5.41) is 12.2. The second kappa shape index (κ2) is 7.42. The van der Waals surface area contributed by atoms with Gasteiger partial charge in [-0.2, -0.15) is 4.80 Å². The topological polar surface area (TPSA) is 107 Å². The van der Waals surface area contributed by atoms with E-state index in [0.717, 1.165) is 12.8 Å². The molecular formula is C17H22N6O2. The SMILES string of the molecule is CN(C(=O)Cn1nnc(-c2ccc(C(N)=O)cc2)n1)C1CCCCC1. The molecule has 3 rings (SSSR count). The minimum absolute atomic E-state index is 0.0140. The van der Waals surface area contributed by atoms with Crippen molar-refractivity contribution in [2.75, 3.05) is 7.05 Å². The normalized spacial score (nSPS) is 15.1. The molecule has 2 N–H and O–H groups in total. The molecule has 2 aromatic rings. The average molecular weight is 342 g/mol. The molecule has 1 saturated carbocycles. The number of tetrazole rings is 1. The van der Waals surface area contributed by atoms with Crippen LogP contribution in [0.1, 0.15) is 42.5 Å². The highest BCUT2D eigenvalue weighted by molar-refractivity contribution is 5.93. The summed E-state index contributed by atoms with van der Waals surface area (Å²) >= 11 is 0. The van der Waals surface area contributed by atoms with Crippen LogP contribution >= 0.6 is 0 Å². The van der Waals surface area contributed by atoms with E-state index in [9.17, 15) is 9.59 Å². The number of benzene rings is 1. The van der Waals surface area contributed by atoms with Gasteiger partial charge in [0.1, 0.15) is 6.54 Å². The van der Waals surface area contributed by atoms with E-state index in [1.807, 2.05) is 11.9 Å². The maximum atomic E-state index is 12.4. The van der Waals surface area contributed by atoms with Crippen LogP contribution in [0, 0.1) is 0 Å². The number of nitrogens with zero attached hydrogens (tertiary/aromatic N) is 5. The van der Waals surface area contributed by atoms with Gasteiger partial charge in [-0.3, -0.25) is 9.59 Å². The Hall–Kier alpha value is -2.77. The van der Waals surface area contributed by atoms with Crippen LogP contribution in [0.15, 0.2) is 24.3 Å². The minimum Gasteiger partial charge on any atom is -0.366 e. The van der Waals surface area contributed by atoms with Crippen molar-refractivity contribution in [2.24, 2.45) is 5.73 Å². The van der Waals surface area contributed by atoms with E-state index < -0.39 is 5.91 Å². The van der Waals surface area contributed by atoms with E-state index in [1.54, 1.807) is 24.3 Å². The Morgan fingerprint density at radius 3 is 2.52 bits per heavy atom. The highest BCUT2D eigenvalue weighted by atomic mass is 16.2. The van der Waals surface area contributed by atoms with Crippen LogP contribution in [0.25, 0.3) is 11.4 Å². The van der Waals surface area contributed by atoms with Crippen molar-refractivity contribution in [2.45, 2.75) is 44.7 Å². The van der Waals surface area contributed by atoms with E-state index in [4.69, 9.17) is 5.73 Å². The number of aromatic nitrogens is 4. The third-order valence-electron chi connectivity index (χ3n) is 4.67. The molecule has 0 spiro atoms. The first-order valence-electron chi connectivity index (χ1n) is 8.48. The van der Waals surface area contributed by atoms with E-state index in [2.05, 4.69) is 15.4 Å². The zero-order chi connectivity index (χ0) is 17.8. The molecule has 0 unspecified atom stereocenters. The highest BCUT2D eigenvalue weighted by Crippen LogP contribution is 2.21. The maximum Gasteiger partial charge on any atom is 0.248 e. The van der Waals surface area contributed by atoms with E-state index in [-0.39, 0.29) is 12.5 Å². The largest absolute Gasteiger partial charge is 0.366 e. The standard InChI is InChI=1S/C17H22N6O2/c1-22(14-5-3-2-4-6-14)15(24)11-23-20-17(19-21-23)13-9-7-12(8-10-13)16(18)25/h7-10,14H,2-6,11H2,1H3,(H2,18,25). The number of likely N-dealkylation sites (N-methyl/N-ethyl adjacent to an activating group) is 1. The minimum atomic E-state index is -0.487. The molecule has 0 radical (unpaired) electrons. The monoisotopic (exact) mass is 342 g/mol. The molecule has 1 aliphatic rings. The lowest BCUT2D eigenvalue weighted by Gasteiger charge is -2.31. The van der Waals surface area contributed by atoms with E-state index in [0.29, 0.717) is 23.0 Å². The van der Waals surface area contributed by atoms with Gasteiger partial charge in [-0.1, -0.05) is 31.4 Å². The molecule has 0 saturated heterocycles. The molecule has 1 aromatic heterocycles. The van der Waals surface area contributed by atoms with Gasteiger partial charge in [-0.25, -0.2) is 0 Å². The van der Waals surface area contributed by atoms with Crippen LogP contribution in [-0.4, -0.2) is 50.0 Å². The van der Waals surface area contributed by atoms with Gasteiger partial charge in [0, 0.05) is 24.2 Å². The fourth-order valence-corrected chi connectivity index (χ4v) is 3.11. The van der Waals surface area contributed by atoms with Gasteiger partial charge in [-0.15, -0.1) is 10.2 Å². The number of primary amides is 1. The Morgan fingerprint density at radius 2 is 1.88 bits per heavy atom. The Balaban J connectivity index is 1.64. The first-order chi connectivity index (χ1) is 12.0. The van der Waals surface area contributed by atoms with Crippen molar-refractivity contribution in [3.63, 3.8) is 0 Å². The highest BCUT2D eigenvalue weighted by Gasteiger charge is 2.22. The summed E-state index contributed by atoms with van der Waals surface area (Å²) in [7, 11) is 1.85. The van der Waals surface area contributed by atoms with Crippen LogP contribution in [0.2, 0.25) is 0 Å². The van der Waals surface area contributed by atoms with Gasteiger partial charge < -0.3 is 10.6 Å². The van der Waals surface area contributed by atoms with Gasteiger partial charge >= 0.3 is 0 Å². The first-order valence-corrected chi connectivity index (χ1v) is 8.48. The maximum absolute atomic E-state index is 12.4. The van der Waals surface area contributed by atoms with Crippen LogP contribution in [0.5, 0.6) is 0 Å². The van der Waals surface area contributed by atoms with Crippen LogP contribution in [0.4, 0.5) is 0 Å². The predicted octanol–water partition coefficient (Wildman–Crippen LogP) is 1.23. The molecule has 0 atom stereocenters. The van der Waals surface area contributed by atoms with Crippen molar-refractivity contribution in [3.05, 3.63) is 29.8 Å². The smallest absolute Gasteiger partial charge is 0.248 e. The summed E-state index contributed by atoms with van der Waals surface area (Å²) in [6, 6.07) is 6.95. The molecule has 132 valence electrons. The van der Waals surface area contributed by atoms with Crippen LogP contribution in [-0.2, 0) is 11.3 Å². The van der Waals surface area contributed by atoms with Gasteiger partial charge in [-0.05, 0) is 30.2 Å². The number of carbonyl (C=O) groups excluding carboxylic acids is 2. The molecule has 0 bridgehead atoms. The van der Waals surface area contributed by atoms with E-state index in [1.165, 1.54) is 24.1 Å². The van der Waals surface area contributed by atoms with E-state index >= 15 is 0 Å². The van der Waals surface area contributed by atoms with Gasteiger partial charge in [0.25, 0.3) is 0 Å². The Labute approximate surface area is 146 Å². The van der Waals surface area contributed by atoms with Gasteiger partial charge in [0.2, 0.25) is 17.6 Å². The number of nitrogens with two attached hydrogens (primary N) is 1. The average Bonchev–Trinajstić information content (AvgIpc) is 3.10. The zero-order valence-electron chi connectivity index (χ0n) is 14.3. The van der Waals surface area contributed by atoms with Crippen LogP contribution < -0.4 is 5.73 Å². The second-order valence-electron chi connectivity index (χ2n) is 6.38. The Kier molecular flexibility index (Phi) is 5.06. The molecule has 1 aliphatic carbocycles. The fraction of sp³-hybridized carbons (Fsp3) is 0.471. The summed E-state index contributed by atoms with van der Waals surface area (Å²) in [6.07, 6.45) is 5.72. The summed E-state index contributed by atoms with van der Waals surface area (Å²) < 4.78 is 0. The number of amides is 2. The third kappa shape index (κ3) is 4.01. The number of hydrogen-bond donors (Lipinski definition) is 1. The van der Waals surface area contributed by atoms with Crippen molar-refractivity contribution in [1.82, 2.24) is 25.1 Å². The first kappa shape index (κ1) is 17.1. The molecule has 2 amide bonds. The Bertz CT molecular complexity index is 749. The van der Waals surface area contributed by atoms with Gasteiger partial charge in [0.15, 0.2) is 0 Å². The predicted molar refractivity (Wildman–Crippen MR) is 91.4 cm³/mol. The van der Waals surface area contributed by atoms with Crippen molar-refractivity contribution in [1.29, 1.82) is 0 Å². The fourth-order valence-electron chi connectivity index (χ4n) is 3.11. The van der Waals surface area contributed by atoms with Crippen molar-refractivity contribution in [3.8, 4) is 11.4 Å². The quantitative estimate of drug-likeness (QED) is 0.879. The number of carbonyl (C=O) groups is 2.